The van der Waals surface area contributed by atoms with E-state index >= 15 is 0 Å². The number of hydrogen-bond donors (Lipinski definition) is 0. The smallest absolute Gasteiger partial charge is 0.416 e. The van der Waals surface area contributed by atoms with Gasteiger partial charge in [0.1, 0.15) is 5.75 Å². The Hall–Kier alpha value is -2.93. The summed E-state index contributed by atoms with van der Waals surface area (Å²) >= 11 is 0. The third-order valence-corrected chi connectivity index (χ3v) is 5.15. The third-order valence-electron chi connectivity index (χ3n) is 5.15. The summed E-state index contributed by atoms with van der Waals surface area (Å²) in [6, 6.07) is 13.0. The Balaban J connectivity index is 1.49. The summed E-state index contributed by atoms with van der Waals surface area (Å²) < 4.78 is 44.0. The van der Waals surface area contributed by atoms with Gasteiger partial charge in [-0.05, 0) is 25.1 Å². The lowest BCUT2D eigenvalue weighted by molar-refractivity contribution is -0.137. The van der Waals surface area contributed by atoms with Gasteiger partial charge in [-0.15, -0.1) is 0 Å². The Kier molecular flexibility index (Phi) is 5.72. The first-order chi connectivity index (χ1) is 14.4. The van der Waals surface area contributed by atoms with E-state index in [4.69, 9.17) is 4.74 Å². The fraction of sp³-hybridized carbons (Fsp3) is 0.304. The van der Waals surface area contributed by atoms with Crippen LogP contribution in [0.15, 0.2) is 54.7 Å². The number of ether oxygens (including phenoxy) is 1. The monoisotopic (exact) mass is 413 g/mol. The molecule has 0 saturated carbocycles. The van der Waals surface area contributed by atoms with E-state index in [0.717, 1.165) is 60.8 Å². The van der Waals surface area contributed by atoms with Gasteiger partial charge >= 0.3 is 6.18 Å². The molecular weight excluding hydrogens is 391 g/mol. The van der Waals surface area contributed by atoms with Gasteiger partial charge in [-0.25, -0.2) is 9.97 Å². The molecule has 1 aliphatic rings. The molecule has 0 N–H and O–H groups in total. The minimum absolute atomic E-state index is 0.456. The van der Waals surface area contributed by atoms with Gasteiger partial charge < -0.3 is 4.74 Å². The second kappa shape index (κ2) is 8.44. The zero-order valence-electron chi connectivity index (χ0n) is 16.6. The van der Waals surface area contributed by atoms with Gasteiger partial charge in [-0.1, -0.05) is 30.3 Å². The standard InChI is InChI=1S/C23H22F3N3O/c1-2-30-21-6-4-3-5-17(21)14-29-12-11-20-18(15-29)13-27-22(28-20)16-7-9-19(10-8-16)23(24,25)26/h3-10,13H,2,11-12,14-15H2,1H3. The molecule has 0 aliphatic carbocycles. The lowest BCUT2D eigenvalue weighted by Gasteiger charge is -2.28. The fourth-order valence-corrected chi connectivity index (χ4v) is 3.63. The predicted octanol–water partition coefficient (Wildman–Crippen LogP) is 5.12. The number of nitrogens with zero attached hydrogens (tertiary/aromatic N) is 3. The van der Waals surface area contributed by atoms with Crippen molar-refractivity contribution in [2.45, 2.75) is 32.6 Å². The Bertz CT molecular complexity index is 1020. The van der Waals surface area contributed by atoms with Crippen LogP contribution in [0, 0.1) is 0 Å². The predicted molar refractivity (Wildman–Crippen MR) is 108 cm³/mol. The van der Waals surface area contributed by atoms with Crippen LogP contribution in [0.1, 0.15) is 29.3 Å². The first-order valence-electron chi connectivity index (χ1n) is 9.89. The molecule has 0 spiro atoms. The highest BCUT2D eigenvalue weighted by atomic mass is 19.4. The van der Waals surface area contributed by atoms with Crippen LogP contribution in [-0.4, -0.2) is 28.0 Å². The van der Waals surface area contributed by atoms with E-state index in [-0.39, 0.29) is 0 Å². The summed E-state index contributed by atoms with van der Waals surface area (Å²) in [5.41, 5.74) is 3.05. The Morgan fingerprint density at radius 3 is 2.57 bits per heavy atom. The van der Waals surface area contributed by atoms with Gasteiger partial charge in [0.2, 0.25) is 0 Å². The summed E-state index contributed by atoms with van der Waals surface area (Å²) in [5, 5.41) is 0. The van der Waals surface area contributed by atoms with Crippen molar-refractivity contribution < 1.29 is 17.9 Å². The SMILES string of the molecule is CCOc1ccccc1CN1CCc2nc(-c3ccc(C(F)(F)F)cc3)ncc2C1. The van der Waals surface area contributed by atoms with Crippen molar-refractivity contribution >= 4 is 0 Å². The van der Waals surface area contributed by atoms with E-state index < -0.39 is 11.7 Å². The molecule has 0 bridgehead atoms. The number of alkyl halides is 3. The molecule has 7 heteroatoms. The van der Waals surface area contributed by atoms with Crippen LogP contribution in [-0.2, 0) is 25.7 Å². The second-order valence-corrected chi connectivity index (χ2v) is 7.24. The van der Waals surface area contributed by atoms with E-state index in [9.17, 15) is 13.2 Å². The van der Waals surface area contributed by atoms with Crippen molar-refractivity contribution in [2.24, 2.45) is 0 Å². The van der Waals surface area contributed by atoms with Crippen molar-refractivity contribution in [3.63, 3.8) is 0 Å². The first kappa shape index (κ1) is 20.3. The fourth-order valence-electron chi connectivity index (χ4n) is 3.63. The maximum Gasteiger partial charge on any atom is 0.416 e. The second-order valence-electron chi connectivity index (χ2n) is 7.24. The van der Waals surface area contributed by atoms with Crippen molar-refractivity contribution in [3.05, 3.63) is 77.1 Å². The summed E-state index contributed by atoms with van der Waals surface area (Å²) in [7, 11) is 0. The van der Waals surface area contributed by atoms with Crippen LogP contribution < -0.4 is 4.74 Å². The lowest BCUT2D eigenvalue weighted by atomic mass is 10.0. The summed E-state index contributed by atoms with van der Waals surface area (Å²) in [6.45, 7) is 4.94. The topological polar surface area (TPSA) is 38.2 Å². The summed E-state index contributed by atoms with van der Waals surface area (Å²) in [4.78, 5) is 11.3. The lowest BCUT2D eigenvalue weighted by Crippen LogP contribution is -2.31. The quantitative estimate of drug-likeness (QED) is 0.582. The Morgan fingerprint density at radius 2 is 1.83 bits per heavy atom. The summed E-state index contributed by atoms with van der Waals surface area (Å²) in [6.07, 6.45) is -1.79. The normalized spacial score (nSPS) is 14.4. The van der Waals surface area contributed by atoms with Crippen molar-refractivity contribution in [1.29, 1.82) is 0 Å². The molecule has 30 heavy (non-hydrogen) atoms. The molecule has 0 fully saturated rings. The highest BCUT2D eigenvalue weighted by Gasteiger charge is 2.30. The van der Waals surface area contributed by atoms with E-state index in [2.05, 4.69) is 20.9 Å². The molecule has 1 aromatic heterocycles. The van der Waals surface area contributed by atoms with E-state index in [1.54, 1.807) is 6.20 Å². The Labute approximate surface area is 173 Å². The van der Waals surface area contributed by atoms with Gasteiger partial charge in [0.15, 0.2) is 5.82 Å². The molecule has 156 valence electrons. The number of fused-ring (bicyclic) bond motifs is 1. The molecular formula is C23H22F3N3O. The van der Waals surface area contributed by atoms with Crippen molar-refractivity contribution in [3.8, 4) is 17.1 Å². The van der Waals surface area contributed by atoms with E-state index in [1.165, 1.54) is 12.1 Å². The van der Waals surface area contributed by atoms with E-state index in [1.807, 2.05) is 25.1 Å². The molecule has 3 aromatic rings. The Morgan fingerprint density at radius 1 is 1.07 bits per heavy atom. The molecule has 2 aromatic carbocycles. The molecule has 0 amide bonds. The van der Waals surface area contributed by atoms with Gasteiger partial charge in [-0.2, -0.15) is 13.2 Å². The highest BCUT2D eigenvalue weighted by Crippen LogP contribution is 2.31. The number of benzene rings is 2. The molecule has 1 aliphatic heterocycles. The van der Waals surface area contributed by atoms with Crippen LogP contribution in [0.5, 0.6) is 5.75 Å². The van der Waals surface area contributed by atoms with Gasteiger partial charge in [0.05, 0.1) is 17.9 Å². The van der Waals surface area contributed by atoms with Crippen LogP contribution in [0.4, 0.5) is 13.2 Å². The van der Waals surface area contributed by atoms with Gasteiger partial charge in [0.25, 0.3) is 0 Å². The molecule has 4 rings (SSSR count). The molecule has 0 radical (unpaired) electrons. The molecule has 0 unspecified atom stereocenters. The van der Waals surface area contributed by atoms with Gasteiger partial charge in [0, 0.05) is 48.9 Å². The average Bonchev–Trinajstić information content (AvgIpc) is 2.74. The third kappa shape index (κ3) is 4.46. The number of para-hydroxylation sites is 1. The van der Waals surface area contributed by atoms with Crippen LogP contribution in [0.3, 0.4) is 0 Å². The number of aromatic nitrogens is 2. The minimum Gasteiger partial charge on any atom is -0.494 e. The molecule has 0 atom stereocenters. The zero-order valence-corrected chi connectivity index (χ0v) is 16.6. The van der Waals surface area contributed by atoms with Crippen LogP contribution >= 0.6 is 0 Å². The van der Waals surface area contributed by atoms with Crippen molar-refractivity contribution in [2.75, 3.05) is 13.2 Å². The first-order valence-corrected chi connectivity index (χ1v) is 9.89. The number of halogens is 3. The number of hydrogen-bond acceptors (Lipinski definition) is 4. The van der Waals surface area contributed by atoms with Crippen LogP contribution in [0.2, 0.25) is 0 Å². The van der Waals surface area contributed by atoms with E-state index in [0.29, 0.717) is 18.0 Å². The molecule has 2 heterocycles. The zero-order chi connectivity index (χ0) is 21.1. The average molecular weight is 413 g/mol. The highest BCUT2D eigenvalue weighted by molar-refractivity contribution is 5.56. The van der Waals surface area contributed by atoms with Crippen molar-refractivity contribution in [1.82, 2.24) is 14.9 Å². The molecule has 0 saturated heterocycles. The largest absolute Gasteiger partial charge is 0.494 e. The maximum atomic E-state index is 12.8. The van der Waals surface area contributed by atoms with Gasteiger partial charge in [-0.3, -0.25) is 4.90 Å². The van der Waals surface area contributed by atoms with Crippen LogP contribution in [0.25, 0.3) is 11.4 Å². The minimum atomic E-state index is -4.35. The molecule has 4 nitrogen and oxygen atoms in total. The summed E-state index contributed by atoms with van der Waals surface area (Å²) in [5.74, 6) is 1.36. The maximum absolute atomic E-state index is 12.8. The number of rotatable bonds is 5.